The molecule has 0 amide bonds. The summed E-state index contributed by atoms with van der Waals surface area (Å²) in [5.74, 6) is 0. The van der Waals surface area contributed by atoms with Gasteiger partial charge in [0.25, 0.3) is 0 Å². The van der Waals surface area contributed by atoms with Crippen LogP contribution in [0.3, 0.4) is 0 Å². The van der Waals surface area contributed by atoms with Crippen LogP contribution in [-0.2, 0) is 0 Å². The second-order valence-electron chi connectivity index (χ2n) is 2.27. The topological polar surface area (TPSA) is 25.8 Å². The molecule has 2 nitrogen and oxygen atoms in total. The molecule has 2 aromatic heterocycles. The van der Waals surface area contributed by atoms with E-state index in [4.69, 9.17) is 0 Å². The maximum Gasteiger partial charge on any atom is 0.143 e. The lowest BCUT2D eigenvalue weighted by molar-refractivity contribution is 1.36. The average Bonchev–Trinajstić information content (AvgIpc) is 2.33. The number of aromatic nitrogens is 2. The normalized spacial score (nSPS) is 10.7. The van der Waals surface area contributed by atoms with Crippen molar-refractivity contribution in [3.05, 3.63) is 22.4 Å². The lowest BCUT2D eigenvalue weighted by Crippen LogP contribution is -1.73. The van der Waals surface area contributed by atoms with E-state index in [1.807, 2.05) is 13.0 Å². The molecule has 56 valence electrons. The van der Waals surface area contributed by atoms with Gasteiger partial charge in [0.15, 0.2) is 0 Å². The van der Waals surface area contributed by atoms with Gasteiger partial charge in [0.1, 0.15) is 4.83 Å². The van der Waals surface area contributed by atoms with Crippen molar-refractivity contribution in [2.24, 2.45) is 0 Å². The first-order chi connectivity index (χ1) is 5.27. The van der Waals surface area contributed by atoms with Crippen LogP contribution in [0.15, 0.2) is 16.7 Å². The summed E-state index contributed by atoms with van der Waals surface area (Å²) in [5.41, 5.74) is 1.05. The lowest BCUT2D eigenvalue weighted by Gasteiger charge is -1.89. The van der Waals surface area contributed by atoms with Gasteiger partial charge in [0.05, 0.1) is 5.69 Å². The van der Waals surface area contributed by atoms with Crippen molar-refractivity contribution < 1.29 is 0 Å². The molecule has 0 spiro atoms. The molecule has 2 rings (SSSR count). The summed E-state index contributed by atoms with van der Waals surface area (Å²) in [6.07, 6.45) is 1.79. The van der Waals surface area contributed by atoms with Crippen LogP contribution in [0, 0.1) is 6.92 Å². The van der Waals surface area contributed by atoms with Crippen LogP contribution in [0.2, 0.25) is 0 Å². The zero-order valence-corrected chi connectivity index (χ0v) is 8.24. The summed E-state index contributed by atoms with van der Waals surface area (Å²) >= 11 is 4.81. The van der Waals surface area contributed by atoms with Crippen LogP contribution >= 0.6 is 27.5 Å². The van der Waals surface area contributed by atoms with Crippen molar-refractivity contribution in [1.82, 2.24) is 9.36 Å². The van der Waals surface area contributed by atoms with E-state index in [1.165, 1.54) is 11.5 Å². The van der Waals surface area contributed by atoms with E-state index >= 15 is 0 Å². The summed E-state index contributed by atoms with van der Waals surface area (Å²) in [4.78, 5) is 5.22. The van der Waals surface area contributed by atoms with Gasteiger partial charge in [-0.2, -0.15) is 4.37 Å². The first kappa shape index (κ1) is 7.18. The molecular weight excluding hydrogens is 224 g/mol. The monoisotopic (exact) mass is 228 g/mol. The molecular formula is C7H5BrN2S. The third-order valence-electron chi connectivity index (χ3n) is 1.48. The minimum absolute atomic E-state index is 1.01. The molecule has 0 bridgehead atoms. The quantitative estimate of drug-likeness (QED) is 0.694. The zero-order chi connectivity index (χ0) is 7.84. The third-order valence-corrected chi connectivity index (χ3v) is 2.77. The largest absolute Gasteiger partial charge is 0.243 e. The molecule has 2 aromatic rings. The van der Waals surface area contributed by atoms with Gasteiger partial charge in [0.2, 0.25) is 0 Å². The maximum absolute atomic E-state index is 4.21. The Labute approximate surface area is 76.6 Å². The van der Waals surface area contributed by atoms with Crippen LogP contribution in [0.25, 0.3) is 10.2 Å². The predicted molar refractivity (Wildman–Crippen MR) is 49.9 cm³/mol. The number of pyridine rings is 1. The highest BCUT2D eigenvalue weighted by Gasteiger charge is 2.01. The molecule has 0 saturated heterocycles. The Hall–Kier alpha value is -0.480. The van der Waals surface area contributed by atoms with Gasteiger partial charge in [0, 0.05) is 16.1 Å². The van der Waals surface area contributed by atoms with Gasteiger partial charge in [-0.3, -0.25) is 0 Å². The fourth-order valence-electron chi connectivity index (χ4n) is 0.920. The highest BCUT2D eigenvalue weighted by atomic mass is 79.9. The fraction of sp³-hybridized carbons (Fsp3) is 0.143. The van der Waals surface area contributed by atoms with Gasteiger partial charge < -0.3 is 0 Å². The maximum atomic E-state index is 4.21. The molecule has 0 radical (unpaired) electrons. The smallest absolute Gasteiger partial charge is 0.143 e. The van der Waals surface area contributed by atoms with Crippen LogP contribution in [0.1, 0.15) is 5.69 Å². The van der Waals surface area contributed by atoms with Crippen LogP contribution < -0.4 is 0 Å². The summed E-state index contributed by atoms with van der Waals surface area (Å²) in [5, 5.41) is 1.14. The Kier molecular flexibility index (Phi) is 1.65. The molecule has 11 heavy (non-hydrogen) atoms. The Morgan fingerprint density at radius 1 is 1.55 bits per heavy atom. The fourth-order valence-corrected chi connectivity index (χ4v) is 1.98. The van der Waals surface area contributed by atoms with E-state index in [0.717, 1.165) is 20.4 Å². The number of halogens is 1. The first-order valence-electron chi connectivity index (χ1n) is 3.15. The Morgan fingerprint density at radius 2 is 2.36 bits per heavy atom. The molecule has 2 heterocycles. The van der Waals surface area contributed by atoms with Gasteiger partial charge >= 0.3 is 0 Å². The molecule has 0 fully saturated rings. The van der Waals surface area contributed by atoms with E-state index in [-0.39, 0.29) is 0 Å². The minimum atomic E-state index is 1.01. The Bertz CT molecular complexity index is 396. The van der Waals surface area contributed by atoms with Crippen molar-refractivity contribution >= 4 is 37.7 Å². The first-order valence-corrected chi connectivity index (χ1v) is 4.71. The number of aryl methyl sites for hydroxylation is 1. The van der Waals surface area contributed by atoms with E-state index in [9.17, 15) is 0 Å². The molecule has 0 saturated carbocycles. The molecule has 0 aliphatic heterocycles. The van der Waals surface area contributed by atoms with Crippen molar-refractivity contribution in [1.29, 1.82) is 0 Å². The van der Waals surface area contributed by atoms with Crippen molar-refractivity contribution in [2.45, 2.75) is 6.92 Å². The predicted octanol–water partition coefficient (Wildman–Crippen LogP) is 2.76. The van der Waals surface area contributed by atoms with Crippen LogP contribution in [-0.4, -0.2) is 9.36 Å². The van der Waals surface area contributed by atoms with E-state index in [2.05, 4.69) is 25.3 Å². The van der Waals surface area contributed by atoms with E-state index in [1.54, 1.807) is 6.20 Å². The second-order valence-corrected chi connectivity index (χ2v) is 3.94. The molecule has 0 aromatic carbocycles. The van der Waals surface area contributed by atoms with Crippen molar-refractivity contribution in [3.63, 3.8) is 0 Å². The Balaban J connectivity index is 2.87. The van der Waals surface area contributed by atoms with Crippen LogP contribution in [0.4, 0.5) is 0 Å². The highest BCUT2D eigenvalue weighted by Crippen LogP contribution is 2.22. The molecule has 0 atom stereocenters. The third kappa shape index (κ3) is 1.16. The van der Waals surface area contributed by atoms with E-state index < -0.39 is 0 Å². The van der Waals surface area contributed by atoms with Crippen molar-refractivity contribution in [2.75, 3.05) is 0 Å². The van der Waals surface area contributed by atoms with E-state index in [0.29, 0.717) is 0 Å². The lowest BCUT2D eigenvalue weighted by atomic mass is 10.3. The summed E-state index contributed by atoms with van der Waals surface area (Å²) in [6, 6.07) is 2.04. The number of rotatable bonds is 0. The number of fused-ring (bicyclic) bond motifs is 1. The molecule has 0 N–H and O–H groups in total. The molecule has 0 aliphatic carbocycles. The van der Waals surface area contributed by atoms with Gasteiger partial charge in [-0.1, -0.05) is 0 Å². The molecule has 0 unspecified atom stereocenters. The van der Waals surface area contributed by atoms with Crippen molar-refractivity contribution in [3.8, 4) is 0 Å². The van der Waals surface area contributed by atoms with Gasteiger partial charge in [-0.25, -0.2) is 4.98 Å². The Morgan fingerprint density at radius 3 is 3.18 bits per heavy atom. The molecule has 0 aliphatic rings. The summed E-state index contributed by atoms with van der Waals surface area (Å²) < 4.78 is 5.20. The van der Waals surface area contributed by atoms with Gasteiger partial charge in [-0.05, 0) is 40.5 Å². The SMILES string of the molecule is Cc1nsc2ncc(Br)cc12. The molecule has 4 heteroatoms. The highest BCUT2D eigenvalue weighted by molar-refractivity contribution is 9.10. The number of hydrogen-bond acceptors (Lipinski definition) is 3. The second kappa shape index (κ2) is 2.53. The summed E-state index contributed by atoms with van der Waals surface area (Å²) in [6.45, 7) is 1.99. The zero-order valence-electron chi connectivity index (χ0n) is 5.84. The minimum Gasteiger partial charge on any atom is -0.243 e. The number of nitrogens with zero attached hydrogens (tertiary/aromatic N) is 2. The van der Waals surface area contributed by atoms with Crippen LogP contribution in [0.5, 0.6) is 0 Å². The number of hydrogen-bond donors (Lipinski definition) is 0. The standard InChI is InChI=1S/C7H5BrN2S/c1-4-6-2-5(8)3-9-7(6)11-10-4/h2-3H,1H3. The average molecular weight is 229 g/mol. The van der Waals surface area contributed by atoms with Gasteiger partial charge in [-0.15, -0.1) is 0 Å². The summed E-state index contributed by atoms with van der Waals surface area (Å²) in [7, 11) is 0.